The first kappa shape index (κ1) is 39.0. The second-order valence-electron chi connectivity index (χ2n) is 18.4. The lowest BCUT2D eigenvalue weighted by Gasteiger charge is -2.30. The van der Waals surface area contributed by atoms with Gasteiger partial charge in [-0.1, -0.05) is 208 Å². The maximum atomic E-state index is 7.35. The number of para-hydroxylation sites is 1. The van der Waals surface area contributed by atoms with Gasteiger partial charge in [-0.05, 0) is 120 Å². The lowest BCUT2D eigenvalue weighted by molar-refractivity contribution is 0.660. The molecule has 0 spiro atoms. The second-order valence-corrected chi connectivity index (χ2v) is 18.4. The van der Waals surface area contributed by atoms with Crippen molar-refractivity contribution < 1.29 is 4.42 Å². The summed E-state index contributed by atoms with van der Waals surface area (Å²) >= 11 is 0. The van der Waals surface area contributed by atoms with Crippen molar-refractivity contribution in [3.8, 4) is 55.6 Å². The van der Waals surface area contributed by atoms with Gasteiger partial charge in [0.15, 0.2) is 5.58 Å². The van der Waals surface area contributed by atoms with E-state index in [9.17, 15) is 0 Å². The molecule has 0 bridgehead atoms. The van der Waals surface area contributed by atoms with Crippen LogP contribution in [0.15, 0.2) is 241 Å². The molecule has 1 aliphatic rings. The van der Waals surface area contributed by atoms with Crippen LogP contribution >= 0.6 is 0 Å². The van der Waals surface area contributed by atoms with E-state index in [1.807, 2.05) is 0 Å². The Morgan fingerprint density at radius 1 is 0.328 bits per heavy atom. The quantitative estimate of drug-likeness (QED) is 0.159. The van der Waals surface area contributed by atoms with Crippen LogP contribution in [0.25, 0.3) is 99.1 Å². The summed E-state index contributed by atoms with van der Waals surface area (Å²) in [6.45, 7) is 4.72. The van der Waals surface area contributed by atoms with E-state index < -0.39 is 0 Å². The van der Waals surface area contributed by atoms with Gasteiger partial charge in [-0.3, -0.25) is 0 Å². The van der Waals surface area contributed by atoms with Crippen molar-refractivity contribution in [2.24, 2.45) is 0 Å². The molecule has 2 heteroatoms. The van der Waals surface area contributed by atoms with Crippen molar-refractivity contribution in [2.45, 2.75) is 19.3 Å². The minimum atomic E-state index is -0.187. The molecule has 11 aromatic carbocycles. The Labute approximate surface area is 390 Å². The van der Waals surface area contributed by atoms with Gasteiger partial charge < -0.3 is 9.32 Å². The van der Waals surface area contributed by atoms with Gasteiger partial charge in [0.1, 0.15) is 5.58 Å². The summed E-state index contributed by atoms with van der Waals surface area (Å²) in [6, 6.07) is 86.3. The molecule has 0 unspecified atom stereocenters. The van der Waals surface area contributed by atoms with Crippen molar-refractivity contribution in [3.05, 3.63) is 248 Å². The molecule has 12 aromatic rings. The van der Waals surface area contributed by atoms with Gasteiger partial charge in [-0.25, -0.2) is 0 Å². The van der Waals surface area contributed by atoms with E-state index in [-0.39, 0.29) is 5.41 Å². The molecule has 1 heterocycles. The van der Waals surface area contributed by atoms with Crippen molar-refractivity contribution in [1.82, 2.24) is 0 Å². The Bertz CT molecular complexity index is 3880. The molecule has 0 radical (unpaired) electrons. The van der Waals surface area contributed by atoms with Crippen molar-refractivity contribution in [2.75, 3.05) is 4.90 Å². The van der Waals surface area contributed by atoms with E-state index in [0.29, 0.717) is 0 Å². The van der Waals surface area contributed by atoms with Gasteiger partial charge in [0.2, 0.25) is 0 Å². The summed E-state index contributed by atoms with van der Waals surface area (Å²) < 4.78 is 7.35. The fourth-order valence-corrected chi connectivity index (χ4v) is 10.9. The average Bonchev–Trinajstić information content (AvgIpc) is 3.90. The first-order valence-corrected chi connectivity index (χ1v) is 23.2. The third-order valence-corrected chi connectivity index (χ3v) is 14.2. The maximum Gasteiger partial charge on any atom is 0.159 e. The normalized spacial score (nSPS) is 12.7. The van der Waals surface area contributed by atoms with Crippen LogP contribution in [0, 0.1) is 0 Å². The average molecular weight is 856 g/mol. The van der Waals surface area contributed by atoms with Crippen LogP contribution < -0.4 is 4.90 Å². The van der Waals surface area contributed by atoms with Crippen LogP contribution in [-0.4, -0.2) is 0 Å². The summed E-state index contributed by atoms with van der Waals surface area (Å²) in [5.74, 6) is 0. The van der Waals surface area contributed by atoms with Crippen LogP contribution in [-0.2, 0) is 5.41 Å². The van der Waals surface area contributed by atoms with Crippen molar-refractivity contribution in [3.63, 3.8) is 0 Å². The van der Waals surface area contributed by atoms with E-state index in [2.05, 4.69) is 255 Å². The molecule has 13 rings (SSSR count). The monoisotopic (exact) mass is 855 g/mol. The third-order valence-electron chi connectivity index (χ3n) is 14.2. The maximum absolute atomic E-state index is 7.35. The van der Waals surface area contributed by atoms with Crippen LogP contribution in [0.2, 0.25) is 0 Å². The van der Waals surface area contributed by atoms with Gasteiger partial charge in [-0.2, -0.15) is 0 Å². The highest BCUT2D eigenvalue weighted by molar-refractivity contribution is 6.24. The SMILES string of the molecule is CC1(C)c2ccccc2-c2ccc(N(c3ccc(-c4ccc(-c5ccc6ccccc6c5)cc4)cc3-c3ccccc3)c3cccc4c3oc3c(-c5ccccc5)cc5ccccc5c34)cc21. The Balaban J connectivity index is 1.04. The number of benzene rings is 11. The highest BCUT2D eigenvalue weighted by Crippen LogP contribution is 2.53. The number of nitrogens with zero attached hydrogens (tertiary/aromatic N) is 1. The number of anilines is 3. The predicted molar refractivity (Wildman–Crippen MR) is 283 cm³/mol. The molecule has 0 saturated carbocycles. The minimum absolute atomic E-state index is 0.187. The first-order chi connectivity index (χ1) is 33.0. The molecule has 316 valence electrons. The van der Waals surface area contributed by atoms with Gasteiger partial charge >= 0.3 is 0 Å². The predicted octanol–water partition coefficient (Wildman–Crippen LogP) is 18.3. The number of hydrogen-bond acceptors (Lipinski definition) is 2. The molecule has 1 aromatic heterocycles. The standard InChI is InChI=1S/C65H45NO/c1-65(2)58-26-14-13-24-53(58)54-36-35-51(41-59(54)65)66(61-27-15-25-55-62-52-23-12-11-22-50(52)40-57(64(62)67-63(55)61)46-19-7-4-8-20-46)60-37-34-49(39-56(60)45-17-5-3-6-18-45)44-30-28-43(29-31-44)48-33-32-42-16-9-10-21-47(42)38-48/h3-41H,1-2H3. The molecule has 0 N–H and O–H groups in total. The van der Waals surface area contributed by atoms with E-state index in [0.717, 1.165) is 72.4 Å². The topological polar surface area (TPSA) is 16.4 Å². The molecule has 2 nitrogen and oxygen atoms in total. The number of rotatable bonds is 7. The van der Waals surface area contributed by atoms with Crippen LogP contribution in [0.4, 0.5) is 17.1 Å². The Morgan fingerprint density at radius 3 is 1.70 bits per heavy atom. The Kier molecular flexibility index (Phi) is 8.91. The largest absolute Gasteiger partial charge is 0.453 e. The molecule has 0 amide bonds. The summed E-state index contributed by atoms with van der Waals surface area (Å²) in [7, 11) is 0. The zero-order chi connectivity index (χ0) is 44.6. The fraction of sp³-hybridized carbons (Fsp3) is 0.0462. The van der Waals surface area contributed by atoms with Crippen LogP contribution in [0.1, 0.15) is 25.0 Å². The minimum Gasteiger partial charge on any atom is -0.453 e. The lowest BCUT2D eigenvalue weighted by atomic mass is 9.82. The van der Waals surface area contributed by atoms with Crippen molar-refractivity contribution in [1.29, 1.82) is 0 Å². The Hall–Kier alpha value is -8.46. The molecule has 0 atom stereocenters. The molecular weight excluding hydrogens is 811 g/mol. The van der Waals surface area contributed by atoms with E-state index in [4.69, 9.17) is 4.42 Å². The van der Waals surface area contributed by atoms with Crippen LogP contribution in [0.3, 0.4) is 0 Å². The second kappa shape index (κ2) is 15.3. The van der Waals surface area contributed by atoms with E-state index >= 15 is 0 Å². The van der Waals surface area contributed by atoms with Gasteiger partial charge in [0.25, 0.3) is 0 Å². The summed E-state index contributed by atoms with van der Waals surface area (Å²) in [5.41, 5.74) is 19.1. The zero-order valence-corrected chi connectivity index (χ0v) is 37.4. The first-order valence-electron chi connectivity index (χ1n) is 23.2. The third kappa shape index (κ3) is 6.32. The number of hydrogen-bond donors (Lipinski definition) is 0. The van der Waals surface area contributed by atoms with Gasteiger partial charge in [0.05, 0.1) is 11.4 Å². The molecule has 0 fully saturated rings. The summed E-state index contributed by atoms with van der Waals surface area (Å²) in [5, 5.41) is 7.08. The fourth-order valence-electron chi connectivity index (χ4n) is 10.9. The molecule has 1 aliphatic carbocycles. The molecule has 0 aliphatic heterocycles. The van der Waals surface area contributed by atoms with Gasteiger partial charge in [0, 0.05) is 33.0 Å². The highest BCUT2D eigenvalue weighted by Gasteiger charge is 2.36. The number of furan rings is 1. The molecular formula is C65H45NO. The van der Waals surface area contributed by atoms with E-state index in [1.54, 1.807) is 0 Å². The molecule has 0 saturated heterocycles. The van der Waals surface area contributed by atoms with Crippen molar-refractivity contribution >= 4 is 60.5 Å². The lowest BCUT2D eigenvalue weighted by Crippen LogP contribution is -2.17. The number of fused-ring (bicyclic) bond motifs is 9. The highest BCUT2D eigenvalue weighted by atomic mass is 16.3. The smallest absolute Gasteiger partial charge is 0.159 e. The summed E-state index contributed by atoms with van der Waals surface area (Å²) in [6.07, 6.45) is 0. The van der Waals surface area contributed by atoms with E-state index in [1.165, 1.54) is 54.9 Å². The van der Waals surface area contributed by atoms with Crippen LogP contribution in [0.5, 0.6) is 0 Å². The summed E-state index contributed by atoms with van der Waals surface area (Å²) in [4.78, 5) is 2.45. The van der Waals surface area contributed by atoms with Gasteiger partial charge in [-0.15, -0.1) is 0 Å². The molecule has 67 heavy (non-hydrogen) atoms. The Morgan fingerprint density at radius 2 is 0.925 bits per heavy atom. The zero-order valence-electron chi connectivity index (χ0n) is 37.4.